The molecule has 0 bridgehead atoms. The summed E-state index contributed by atoms with van der Waals surface area (Å²) in [5, 5.41) is 3.03. The summed E-state index contributed by atoms with van der Waals surface area (Å²) in [7, 11) is 3.47. The van der Waals surface area contributed by atoms with Crippen molar-refractivity contribution in [3.8, 4) is 0 Å². The number of benzene rings is 1. The zero-order valence-electron chi connectivity index (χ0n) is 9.66. The molecule has 1 aromatic carbocycles. The van der Waals surface area contributed by atoms with Crippen molar-refractivity contribution in [3.63, 3.8) is 0 Å². The van der Waals surface area contributed by atoms with Crippen molar-refractivity contribution in [2.45, 2.75) is 18.4 Å². The Labute approximate surface area is 95.4 Å². The maximum atomic E-state index is 11.7. The lowest BCUT2D eigenvalue weighted by Gasteiger charge is -2.22. The highest BCUT2D eigenvalue weighted by molar-refractivity contribution is 5.76. The molecule has 3 N–H and O–H groups in total. The van der Waals surface area contributed by atoms with Gasteiger partial charge in [0.25, 0.3) is 0 Å². The monoisotopic (exact) mass is 219 g/mol. The molecular weight excluding hydrogens is 202 g/mol. The number of urea groups is 1. The van der Waals surface area contributed by atoms with E-state index in [9.17, 15) is 4.79 Å². The zero-order chi connectivity index (χ0) is 11.8. The first-order valence-corrected chi connectivity index (χ1v) is 5.40. The minimum absolute atomic E-state index is 0.0687. The standard InChI is InChI=1S/C12H17N3O/c1-15(2)11(16)14-12(7-8-12)9-5-3-4-6-10(9)13/h3-6H,7-8,13H2,1-2H3,(H,14,16). The molecule has 16 heavy (non-hydrogen) atoms. The van der Waals surface area contributed by atoms with Gasteiger partial charge in [-0.15, -0.1) is 0 Å². The molecule has 1 aromatic rings. The highest BCUT2D eigenvalue weighted by atomic mass is 16.2. The summed E-state index contributed by atoms with van der Waals surface area (Å²) in [5.74, 6) is 0. The van der Waals surface area contributed by atoms with Crippen LogP contribution in [0.25, 0.3) is 0 Å². The molecule has 0 aromatic heterocycles. The van der Waals surface area contributed by atoms with Crippen LogP contribution in [0.15, 0.2) is 24.3 Å². The van der Waals surface area contributed by atoms with E-state index >= 15 is 0 Å². The molecule has 0 saturated heterocycles. The molecule has 0 heterocycles. The van der Waals surface area contributed by atoms with Crippen molar-refractivity contribution in [1.29, 1.82) is 0 Å². The first-order valence-electron chi connectivity index (χ1n) is 5.40. The topological polar surface area (TPSA) is 58.4 Å². The zero-order valence-corrected chi connectivity index (χ0v) is 9.66. The minimum atomic E-state index is -0.229. The second kappa shape index (κ2) is 3.70. The third kappa shape index (κ3) is 1.83. The Bertz CT molecular complexity index is 410. The van der Waals surface area contributed by atoms with Crippen molar-refractivity contribution < 1.29 is 4.79 Å². The van der Waals surface area contributed by atoms with Crippen LogP contribution in [0.3, 0.4) is 0 Å². The van der Waals surface area contributed by atoms with E-state index in [-0.39, 0.29) is 11.6 Å². The number of para-hydroxylation sites is 1. The largest absolute Gasteiger partial charge is 0.398 e. The lowest BCUT2D eigenvalue weighted by Crippen LogP contribution is -2.41. The summed E-state index contributed by atoms with van der Waals surface area (Å²) >= 11 is 0. The lowest BCUT2D eigenvalue weighted by molar-refractivity contribution is 0.212. The smallest absolute Gasteiger partial charge is 0.317 e. The Kier molecular flexibility index (Phi) is 2.50. The fourth-order valence-corrected chi connectivity index (χ4v) is 1.84. The van der Waals surface area contributed by atoms with Crippen molar-refractivity contribution in [1.82, 2.24) is 10.2 Å². The molecule has 1 aliphatic rings. The Hall–Kier alpha value is -1.71. The average molecular weight is 219 g/mol. The van der Waals surface area contributed by atoms with Gasteiger partial charge in [-0.2, -0.15) is 0 Å². The van der Waals surface area contributed by atoms with Gasteiger partial charge in [0.05, 0.1) is 5.54 Å². The van der Waals surface area contributed by atoms with E-state index < -0.39 is 0 Å². The molecule has 0 unspecified atom stereocenters. The molecule has 86 valence electrons. The predicted molar refractivity (Wildman–Crippen MR) is 64.0 cm³/mol. The molecule has 1 aliphatic carbocycles. The summed E-state index contributed by atoms with van der Waals surface area (Å²) in [6, 6.07) is 7.65. The quantitative estimate of drug-likeness (QED) is 0.741. The third-order valence-electron chi connectivity index (χ3n) is 2.98. The third-order valence-corrected chi connectivity index (χ3v) is 2.98. The van der Waals surface area contributed by atoms with E-state index in [1.165, 1.54) is 0 Å². The van der Waals surface area contributed by atoms with Crippen LogP contribution in [0.1, 0.15) is 18.4 Å². The Balaban J connectivity index is 2.21. The summed E-state index contributed by atoms with van der Waals surface area (Å²) < 4.78 is 0. The van der Waals surface area contributed by atoms with Crippen LogP contribution >= 0.6 is 0 Å². The van der Waals surface area contributed by atoms with Gasteiger partial charge in [-0.3, -0.25) is 0 Å². The molecule has 2 amide bonds. The molecule has 2 rings (SSSR count). The van der Waals surface area contributed by atoms with Gasteiger partial charge in [0.1, 0.15) is 0 Å². The van der Waals surface area contributed by atoms with Gasteiger partial charge >= 0.3 is 6.03 Å². The Morgan fingerprint density at radius 3 is 2.50 bits per heavy atom. The number of nitrogen functional groups attached to an aromatic ring is 1. The Morgan fingerprint density at radius 1 is 1.38 bits per heavy atom. The van der Waals surface area contributed by atoms with Gasteiger partial charge in [-0.05, 0) is 18.9 Å². The number of amides is 2. The van der Waals surface area contributed by atoms with Crippen LogP contribution in [0.5, 0.6) is 0 Å². The first-order chi connectivity index (χ1) is 7.55. The van der Waals surface area contributed by atoms with Crippen molar-refractivity contribution in [2.24, 2.45) is 0 Å². The van der Waals surface area contributed by atoms with Crippen LogP contribution in [0.2, 0.25) is 0 Å². The number of nitrogens with two attached hydrogens (primary N) is 1. The minimum Gasteiger partial charge on any atom is -0.398 e. The van der Waals surface area contributed by atoms with Crippen molar-refractivity contribution >= 4 is 11.7 Å². The fraction of sp³-hybridized carbons (Fsp3) is 0.417. The number of hydrogen-bond acceptors (Lipinski definition) is 2. The number of carbonyl (C=O) groups excluding carboxylic acids is 1. The van der Waals surface area contributed by atoms with Gasteiger partial charge in [0.2, 0.25) is 0 Å². The number of hydrogen-bond donors (Lipinski definition) is 2. The molecule has 4 nitrogen and oxygen atoms in total. The molecule has 1 fully saturated rings. The number of nitrogens with one attached hydrogen (secondary N) is 1. The average Bonchev–Trinajstić information content (AvgIpc) is 2.99. The van der Waals surface area contributed by atoms with E-state index in [0.717, 1.165) is 24.1 Å². The predicted octanol–water partition coefficient (Wildman–Crippen LogP) is 1.53. The molecule has 1 saturated carbocycles. The molecule has 0 radical (unpaired) electrons. The van der Waals surface area contributed by atoms with Gasteiger partial charge in [0, 0.05) is 25.3 Å². The van der Waals surface area contributed by atoms with Crippen molar-refractivity contribution in [2.75, 3.05) is 19.8 Å². The number of carbonyl (C=O) groups is 1. The SMILES string of the molecule is CN(C)C(=O)NC1(c2ccccc2N)CC1. The summed E-state index contributed by atoms with van der Waals surface area (Å²) in [6.07, 6.45) is 1.92. The van der Waals surface area contributed by atoms with E-state index in [4.69, 9.17) is 5.73 Å². The van der Waals surface area contributed by atoms with E-state index in [1.807, 2.05) is 24.3 Å². The van der Waals surface area contributed by atoms with E-state index in [0.29, 0.717) is 0 Å². The second-order valence-corrected chi connectivity index (χ2v) is 4.49. The first kappa shape index (κ1) is 10.8. The van der Waals surface area contributed by atoms with E-state index in [1.54, 1.807) is 19.0 Å². The van der Waals surface area contributed by atoms with Crippen LogP contribution in [-0.2, 0) is 5.54 Å². The van der Waals surface area contributed by atoms with Gasteiger partial charge in [-0.1, -0.05) is 18.2 Å². The second-order valence-electron chi connectivity index (χ2n) is 4.49. The van der Waals surface area contributed by atoms with E-state index in [2.05, 4.69) is 5.32 Å². The highest BCUT2D eigenvalue weighted by Gasteiger charge is 2.47. The molecular formula is C12H17N3O. The van der Waals surface area contributed by atoms with Crippen LogP contribution in [0.4, 0.5) is 10.5 Å². The lowest BCUT2D eigenvalue weighted by atomic mass is 10.0. The van der Waals surface area contributed by atoms with Crippen molar-refractivity contribution in [3.05, 3.63) is 29.8 Å². The molecule has 0 spiro atoms. The summed E-state index contributed by atoms with van der Waals surface area (Å²) in [6.45, 7) is 0. The summed E-state index contributed by atoms with van der Waals surface area (Å²) in [5.41, 5.74) is 7.49. The van der Waals surface area contributed by atoms with Crippen LogP contribution in [0, 0.1) is 0 Å². The molecule has 0 aliphatic heterocycles. The number of nitrogens with zero attached hydrogens (tertiary/aromatic N) is 1. The maximum absolute atomic E-state index is 11.7. The normalized spacial score (nSPS) is 16.6. The molecule has 0 atom stereocenters. The molecule has 4 heteroatoms. The Morgan fingerprint density at radius 2 is 2.00 bits per heavy atom. The maximum Gasteiger partial charge on any atom is 0.317 e. The highest BCUT2D eigenvalue weighted by Crippen LogP contribution is 2.47. The number of rotatable bonds is 2. The van der Waals surface area contributed by atoms with Gasteiger partial charge < -0.3 is 16.0 Å². The van der Waals surface area contributed by atoms with Gasteiger partial charge in [0.15, 0.2) is 0 Å². The summed E-state index contributed by atoms with van der Waals surface area (Å²) in [4.78, 5) is 13.2. The fourth-order valence-electron chi connectivity index (χ4n) is 1.84. The van der Waals surface area contributed by atoms with Crippen LogP contribution in [-0.4, -0.2) is 25.0 Å². The number of anilines is 1. The van der Waals surface area contributed by atoms with Crippen LogP contribution < -0.4 is 11.1 Å². The van der Waals surface area contributed by atoms with Gasteiger partial charge in [-0.25, -0.2) is 4.79 Å².